The summed E-state index contributed by atoms with van der Waals surface area (Å²) >= 11 is 0. The van der Waals surface area contributed by atoms with Crippen LogP contribution < -0.4 is 30.6 Å². The Labute approximate surface area is 205 Å². The highest BCUT2D eigenvalue weighted by atomic mass is 35.5. The third-order valence-corrected chi connectivity index (χ3v) is 5.10. The first-order chi connectivity index (χ1) is 16.0. The number of methoxy groups -OCH3 is 3. The van der Waals surface area contributed by atoms with Crippen LogP contribution in [0.1, 0.15) is 22.7 Å². The SMILES string of the molecule is COc1cc([C@@H](Nc2ccc(C(=N)N)cc2)C(=O)NCc2ccccc2)cc(OC)c1OC.Cl. The van der Waals surface area contributed by atoms with E-state index in [9.17, 15) is 4.79 Å². The summed E-state index contributed by atoms with van der Waals surface area (Å²) in [5.41, 5.74) is 8.45. The molecule has 8 nitrogen and oxygen atoms in total. The zero-order chi connectivity index (χ0) is 23.8. The zero-order valence-corrected chi connectivity index (χ0v) is 20.1. The van der Waals surface area contributed by atoms with Crippen molar-refractivity contribution in [2.75, 3.05) is 26.6 Å². The van der Waals surface area contributed by atoms with E-state index in [4.69, 9.17) is 25.4 Å². The van der Waals surface area contributed by atoms with Crippen molar-refractivity contribution >= 4 is 29.8 Å². The van der Waals surface area contributed by atoms with Gasteiger partial charge in [-0.2, -0.15) is 0 Å². The van der Waals surface area contributed by atoms with Gasteiger partial charge in [0.25, 0.3) is 0 Å². The lowest BCUT2D eigenvalue weighted by molar-refractivity contribution is -0.122. The molecule has 180 valence electrons. The minimum absolute atomic E-state index is 0. The normalized spacial score (nSPS) is 10.9. The Balaban J connectivity index is 0.00000408. The molecule has 0 aliphatic heterocycles. The molecule has 1 atom stereocenters. The van der Waals surface area contributed by atoms with E-state index in [2.05, 4.69) is 10.6 Å². The Hall–Kier alpha value is -3.91. The molecule has 1 amide bonds. The summed E-state index contributed by atoms with van der Waals surface area (Å²) in [6, 6.07) is 19.4. The van der Waals surface area contributed by atoms with Crippen molar-refractivity contribution in [3.05, 3.63) is 83.4 Å². The first-order valence-electron chi connectivity index (χ1n) is 10.3. The highest BCUT2D eigenvalue weighted by Crippen LogP contribution is 2.40. The summed E-state index contributed by atoms with van der Waals surface area (Å²) in [7, 11) is 4.58. The Bertz CT molecular complexity index is 1080. The number of rotatable bonds is 10. The van der Waals surface area contributed by atoms with E-state index in [0.29, 0.717) is 40.6 Å². The molecule has 3 aromatic carbocycles. The Morgan fingerprint density at radius 1 is 0.941 bits per heavy atom. The molecule has 0 aliphatic rings. The lowest BCUT2D eigenvalue weighted by Gasteiger charge is -2.22. The predicted octanol–water partition coefficient (Wildman–Crippen LogP) is 3.89. The van der Waals surface area contributed by atoms with Gasteiger partial charge in [0.05, 0.1) is 21.3 Å². The fourth-order valence-electron chi connectivity index (χ4n) is 3.37. The van der Waals surface area contributed by atoms with Crippen LogP contribution in [-0.4, -0.2) is 33.1 Å². The fraction of sp³-hybridized carbons (Fsp3) is 0.200. The molecule has 0 aliphatic carbocycles. The fourth-order valence-corrected chi connectivity index (χ4v) is 3.37. The number of amides is 1. The van der Waals surface area contributed by atoms with Crippen molar-refractivity contribution < 1.29 is 19.0 Å². The van der Waals surface area contributed by atoms with Gasteiger partial charge in [-0.3, -0.25) is 10.2 Å². The van der Waals surface area contributed by atoms with E-state index in [1.54, 1.807) is 36.4 Å². The van der Waals surface area contributed by atoms with Crippen molar-refractivity contribution in [1.29, 1.82) is 5.41 Å². The minimum Gasteiger partial charge on any atom is -0.493 e. The highest BCUT2D eigenvalue weighted by molar-refractivity contribution is 5.95. The summed E-state index contributed by atoms with van der Waals surface area (Å²) in [5, 5.41) is 13.8. The van der Waals surface area contributed by atoms with Crippen LogP contribution in [0.3, 0.4) is 0 Å². The third-order valence-electron chi connectivity index (χ3n) is 5.10. The quantitative estimate of drug-likeness (QED) is 0.256. The van der Waals surface area contributed by atoms with E-state index in [0.717, 1.165) is 5.56 Å². The molecule has 3 aromatic rings. The van der Waals surface area contributed by atoms with Crippen LogP contribution in [0.2, 0.25) is 0 Å². The largest absolute Gasteiger partial charge is 0.493 e. The topological polar surface area (TPSA) is 119 Å². The van der Waals surface area contributed by atoms with Gasteiger partial charge in [-0.05, 0) is 47.5 Å². The molecule has 0 aromatic heterocycles. The van der Waals surface area contributed by atoms with Crippen LogP contribution in [-0.2, 0) is 11.3 Å². The van der Waals surface area contributed by atoms with Gasteiger partial charge in [0.2, 0.25) is 11.7 Å². The minimum atomic E-state index is -0.759. The zero-order valence-electron chi connectivity index (χ0n) is 19.3. The van der Waals surface area contributed by atoms with E-state index >= 15 is 0 Å². The van der Waals surface area contributed by atoms with Crippen molar-refractivity contribution in [2.24, 2.45) is 5.73 Å². The summed E-state index contributed by atoms with van der Waals surface area (Å²) in [4.78, 5) is 13.3. The molecule has 0 radical (unpaired) electrons. The first-order valence-corrected chi connectivity index (χ1v) is 10.3. The molecule has 0 saturated carbocycles. The smallest absolute Gasteiger partial charge is 0.247 e. The molecule has 0 bridgehead atoms. The Kier molecular flexibility index (Phi) is 9.58. The standard InChI is InChI=1S/C25H28N4O4.ClH/c1-31-20-13-18(14-21(32-2)23(20)33-3)22(25(30)28-15-16-7-5-4-6-8-16)29-19-11-9-17(10-12-19)24(26)27;/h4-14,22,29H,15H2,1-3H3,(H3,26,27)(H,28,30);1H/t22-;/m1./s1. The molecule has 0 spiro atoms. The van der Waals surface area contributed by atoms with E-state index < -0.39 is 6.04 Å². The van der Waals surface area contributed by atoms with Crippen LogP contribution in [0.5, 0.6) is 17.2 Å². The summed E-state index contributed by atoms with van der Waals surface area (Å²) in [6.45, 7) is 0.381. The molecular formula is C25H29ClN4O4. The molecule has 0 unspecified atom stereocenters. The molecular weight excluding hydrogens is 456 g/mol. The van der Waals surface area contributed by atoms with E-state index in [1.807, 2.05) is 30.3 Å². The van der Waals surface area contributed by atoms with Gasteiger partial charge in [0.1, 0.15) is 11.9 Å². The molecule has 34 heavy (non-hydrogen) atoms. The number of ether oxygens (including phenoxy) is 3. The number of anilines is 1. The molecule has 3 rings (SSSR count). The average Bonchev–Trinajstić information content (AvgIpc) is 2.85. The molecule has 0 fully saturated rings. The number of halogens is 1. The number of nitrogen functional groups attached to an aromatic ring is 1. The maximum absolute atomic E-state index is 13.3. The van der Waals surface area contributed by atoms with Crippen LogP contribution in [0, 0.1) is 5.41 Å². The molecule has 0 saturated heterocycles. The van der Waals surface area contributed by atoms with Gasteiger partial charge in [-0.1, -0.05) is 30.3 Å². The van der Waals surface area contributed by atoms with Crippen molar-refractivity contribution in [1.82, 2.24) is 5.32 Å². The summed E-state index contributed by atoms with van der Waals surface area (Å²) in [6.07, 6.45) is 0. The third kappa shape index (κ3) is 6.32. The molecule has 9 heteroatoms. The highest BCUT2D eigenvalue weighted by Gasteiger charge is 2.24. The second-order valence-corrected chi connectivity index (χ2v) is 7.23. The average molecular weight is 485 g/mol. The molecule has 5 N–H and O–H groups in total. The van der Waals surface area contributed by atoms with Crippen LogP contribution in [0.15, 0.2) is 66.7 Å². The van der Waals surface area contributed by atoms with Crippen molar-refractivity contribution in [2.45, 2.75) is 12.6 Å². The lowest BCUT2D eigenvalue weighted by Crippen LogP contribution is -2.33. The van der Waals surface area contributed by atoms with Crippen molar-refractivity contribution in [3.63, 3.8) is 0 Å². The Morgan fingerprint density at radius 2 is 1.53 bits per heavy atom. The number of nitrogens with one attached hydrogen (secondary N) is 3. The summed E-state index contributed by atoms with van der Waals surface area (Å²) in [5.74, 6) is 1.08. The van der Waals surface area contributed by atoms with Gasteiger partial charge >= 0.3 is 0 Å². The maximum Gasteiger partial charge on any atom is 0.247 e. The molecule has 0 heterocycles. The van der Waals surface area contributed by atoms with E-state index in [1.165, 1.54) is 21.3 Å². The lowest BCUT2D eigenvalue weighted by atomic mass is 10.0. The van der Waals surface area contributed by atoms with Crippen molar-refractivity contribution in [3.8, 4) is 17.2 Å². The van der Waals surface area contributed by atoms with Gasteiger partial charge in [-0.25, -0.2) is 0 Å². The second-order valence-electron chi connectivity index (χ2n) is 7.23. The van der Waals surface area contributed by atoms with Gasteiger partial charge < -0.3 is 30.6 Å². The number of carbonyl (C=O) groups excluding carboxylic acids is 1. The van der Waals surface area contributed by atoms with Crippen LogP contribution in [0.4, 0.5) is 5.69 Å². The van der Waals surface area contributed by atoms with E-state index in [-0.39, 0.29) is 24.1 Å². The first kappa shape index (κ1) is 26.3. The predicted molar refractivity (Wildman–Crippen MR) is 135 cm³/mol. The van der Waals surface area contributed by atoms with Gasteiger partial charge in [0, 0.05) is 17.8 Å². The Morgan fingerprint density at radius 3 is 2.03 bits per heavy atom. The maximum atomic E-state index is 13.3. The second kappa shape index (κ2) is 12.4. The summed E-state index contributed by atoms with van der Waals surface area (Å²) < 4.78 is 16.3. The van der Waals surface area contributed by atoms with Gasteiger partial charge in [0.15, 0.2) is 11.5 Å². The number of amidine groups is 1. The number of benzene rings is 3. The number of hydrogen-bond donors (Lipinski definition) is 4. The van der Waals surface area contributed by atoms with Gasteiger partial charge in [-0.15, -0.1) is 12.4 Å². The van der Waals surface area contributed by atoms with Crippen LogP contribution in [0.25, 0.3) is 0 Å². The number of hydrogen-bond acceptors (Lipinski definition) is 6. The monoisotopic (exact) mass is 484 g/mol. The van der Waals surface area contributed by atoms with Crippen LogP contribution >= 0.6 is 12.4 Å². The number of carbonyl (C=O) groups is 1. The number of nitrogens with two attached hydrogens (primary N) is 1.